The molecule has 0 unspecified atom stereocenters. The molecule has 3 aromatic carbocycles. The Morgan fingerprint density at radius 2 is 1.70 bits per heavy atom. The van der Waals surface area contributed by atoms with Crippen molar-refractivity contribution in [1.82, 2.24) is 15.3 Å². The molecule has 0 aliphatic carbocycles. The average molecular weight is 509 g/mol. The molecular weight excluding hydrogens is 487 g/mol. The second kappa shape index (κ2) is 10.9. The van der Waals surface area contributed by atoms with Crippen LogP contribution in [0.3, 0.4) is 0 Å². The third-order valence-corrected chi connectivity index (χ3v) is 5.24. The maximum atomic E-state index is 12.5. The van der Waals surface area contributed by atoms with Crippen molar-refractivity contribution in [1.29, 1.82) is 0 Å². The van der Waals surface area contributed by atoms with Gasteiger partial charge in [-0.15, -0.1) is 13.2 Å². The van der Waals surface area contributed by atoms with Gasteiger partial charge >= 0.3 is 6.36 Å². The third-order valence-electron chi connectivity index (χ3n) is 5.24. The molecule has 0 atom stereocenters. The van der Waals surface area contributed by atoms with Gasteiger partial charge in [-0.05, 0) is 61.0 Å². The van der Waals surface area contributed by atoms with Gasteiger partial charge in [0, 0.05) is 29.7 Å². The Balaban J connectivity index is 1.44. The first-order chi connectivity index (χ1) is 17.7. The summed E-state index contributed by atoms with van der Waals surface area (Å²) in [6.45, 7) is 2.70. The number of anilines is 2. The number of nitrogens with one attached hydrogen (secondary N) is 3. The lowest BCUT2D eigenvalue weighted by Crippen LogP contribution is -2.23. The van der Waals surface area contributed by atoms with E-state index in [-0.39, 0.29) is 11.5 Å². The number of ether oxygens (including phenoxy) is 1. The molecule has 2 amide bonds. The van der Waals surface area contributed by atoms with Gasteiger partial charge in [0.15, 0.2) is 0 Å². The van der Waals surface area contributed by atoms with Gasteiger partial charge in [-0.3, -0.25) is 9.59 Å². The first kappa shape index (κ1) is 25.4. The molecule has 1 heterocycles. The molecule has 0 aliphatic heterocycles. The number of nitrogens with zero attached hydrogens (tertiary/aromatic N) is 2. The summed E-state index contributed by atoms with van der Waals surface area (Å²) in [5.74, 6) is -0.564. The van der Waals surface area contributed by atoms with Gasteiger partial charge in [0.25, 0.3) is 11.8 Å². The van der Waals surface area contributed by atoms with E-state index in [1.165, 1.54) is 18.5 Å². The largest absolute Gasteiger partial charge is 0.573 e. The molecule has 37 heavy (non-hydrogen) atoms. The maximum Gasteiger partial charge on any atom is 0.573 e. The second-order valence-electron chi connectivity index (χ2n) is 7.86. The predicted octanol–water partition coefficient (Wildman–Crippen LogP) is 5.14. The molecule has 1 aromatic heterocycles. The van der Waals surface area contributed by atoms with E-state index in [4.69, 9.17) is 0 Å². The molecule has 0 saturated heterocycles. The minimum Gasteiger partial charge on any atom is -0.406 e. The van der Waals surface area contributed by atoms with Crippen LogP contribution in [-0.4, -0.2) is 34.7 Å². The number of carbonyl (C=O) groups is 2. The Hall–Kier alpha value is -4.67. The smallest absolute Gasteiger partial charge is 0.406 e. The van der Waals surface area contributed by atoms with Crippen molar-refractivity contribution in [2.24, 2.45) is 0 Å². The highest BCUT2D eigenvalue weighted by Gasteiger charge is 2.31. The number of carbonyl (C=O) groups excluding carboxylic acids is 2. The Labute approximate surface area is 209 Å². The highest BCUT2D eigenvalue weighted by Crippen LogP contribution is 2.24. The fraction of sp³-hybridized carbons (Fsp3) is 0.154. The Kier molecular flexibility index (Phi) is 7.52. The number of alkyl halides is 3. The number of hydrogen-bond donors (Lipinski definition) is 3. The normalized spacial score (nSPS) is 11.1. The fourth-order valence-electron chi connectivity index (χ4n) is 3.62. The predicted molar refractivity (Wildman–Crippen MR) is 132 cm³/mol. The van der Waals surface area contributed by atoms with Crippen LogP contribution in [0.15, 0.2) is 73.1 Å². The van der Waals surface area contributed by atoms with Crippen molar-refractivity contribution >= 4 is 34.2 Å². The first-order valence-electron chi connectivity index (χ1n) is 11.3. The molecule has 190 valence electrons. The SMILES string of the molecule is CCNC(=O)c1cccc2c(NCc3cccc(NC(=O)c4ccc(OC(F)(F)F)cc4)c3)ncnc12. The molecule has 4 rings (SSSR count). The summed E-state index contributed by atoms with van der Waals surface area (Å²) in [5.41, 5.74) is 2.49. The van der Waals surface area contributed by atoms with E-state index >= 15 is 0 Å². The van der Waals surface area contributed by atoms with Crippen molar-refractivity contribution in [3.05, 3.63) is 89.7 Å². The van der Waals surface area contributed by atoms with Crippen LogP contribution in [0, 0.1) is 0 Å². The standard InChI is InChI=1S/C26H22F3N5O3/c1-2-30-25(36)21-8-4-7-20-22(21)32-15-33-23(20)31-14-16-5-3-6-18(13-16)34-24(35)17-9-11-19(12-10-17)37-26(27,28)29/h3-13,15H,2,14H2,1H3,(H,30,36)(H,34,35)(H,31,32,33). The van der Waals surface area contributed by atoms with Gasteiger partial charge in [-0.2, -0.15) is 0 Å². The van der Waals surface area contributed by atoms with Gasteiger partial charge in [0.05, 0.1) is 11.1 Å². The van der Waals surface area contributed by atoms with Crippen molar-refractivity contribution in [3.8, 4) is 5.75 Å². The molecule has 0 bridgehead atoms. The number of aromatic nitrogens is 2. The van der Waals surface area contributed by atoms with E-state index < -0.39 is 18.0 Å². The van der Waals surface area contributed by atoms with E-state index in [2.05, 4.69) is 30.7 Å². The molecule has 11 heteroatoms. The highest BCUT2D eigenvalue weighted by molar-refractivity contribution is 6.07. The van der Waals surface area contributed by atoms with Gasteiger partial charge in [0.2, 0.25) is 0 Å². The lowest BCUT2D eigenvalue weighted by molar-refractivity contribution is -0.274. The summed E-state index contributed by atoms with van der Waals surface area (Å²) in [6.07, 6.45) is -3.42. The number of hydrogen-bond acceptors (Lipinski definition) is 6. The zero-order chi connectivity index (χ0) is 26.4. The molecular formula is C26H22F3N5O3. The van der Waals surface area contributed by atoms with Crippen LogP contribution in [0.4, 0.5) is 24.7 Å². The van der Waals surface area contributed by atoms with Crippen molar-refractivity contribution in [3.63, 3.8) is 0 Å². The number of para-hydroxylation sites is 1. The third kappa shape index (κ3) is 6.51. The van der Waals surface area contributed by atoms with Crippen LogP contribution in [0.1, 0.15) is 33.2 Å². The number of benzene rings is 3. The van der Waals surface area contributed by atoms with Crippen LogP contribution >= 0.6 is 0 Å². The van der Waals surface area contributed by atoms with Crippen molar-refractivity contribution in [2.75, 3.05) is 17.2 Å². The van der Waals surface area contributed by atoms with Crippen molar-refractivity contribution in [2.45, 2.75) is 19.8 Å². The summed E-state index contributed by atoms with van der Waals surface area (Å²) >= 11 is 0. The molecule has 8 nitrogen and oxygen atoms in total. The van der Waals surface area contributed by atoms with E-state index in [1.54, 1.807) is 30.3 Å². The summed E-state index contributed by atoms with van der Waals surface area (Å²) in [4.78, 5) is 33.5. The monoisotopic (exact) mass is 509 g/mol. The summed E-state index contributed by atoms with van der Waals surface area (Å²) in [5, 5.41) is 9.42. The Morgan fingerprint density at radius 3 is 2.43 bits per heavy atom. The van der Waals surface area contributed by atoms with Crippen LogP contribution < -0.4 is 20.7 Å². The fourth-order valence-corrected chi connectivity index (χ4v) is 3.62. The molecule has 3 N–H and O–H groups in total. The Morgan fingerprint density at radius 1 is 0.946 bits per heavy atom. The minimum absolute atomic E-state index is 0.174. The van der Waals surface area contributed by atoms with Gasteiger partial charge < -0.3 is 20.7 Å². The number of halogens is 3. The summed E-state index contributed by atoms with van der Waals surface area (Å²) < 4.78 is 40.8. The first-order valence-corrected chi connectivity index (χ1v) is 11.3. The lowest BCUT2D eigenvalue weighted by Gasteiger charge is -2.12. The quantitative estimate of drug-likeness (QED) is 0.304. The molecule has 0 spiro atoms. The minimum atomic E-state index is -4.80. The highest BCUT2D eigenvalue weighted by atomic mass is 19.4. The maximum absolute atomic E-state index is 12.5. The van der Waals surface area contributed by atoms with E-state index in [0.717, 1.165) is 17.7 Å². The van der Waals surface area contributed by atoms with Gasteiger partial charge in [-0.25, -0.2) is 9.97 Å². The van der Waals surface area contributed by atoms with Crippen LogP contribution in [0.5, 0.6) is 5.75 Å². The van der Waals surface area contributed by atoms with Gasteiger partial charge in [-0.1, -0.05) is 18.2 Å². The van der Waals surface area contributed by atoms with Crippen LogP contribution in [0.2, 0.25) is 0 Å². The van der Waals surface area contributed by atoms with Crippen LogP contribution in [-0.2, 0) is 6.54 Å². The van der Waals surface area contributed by atoms with E-state index in [1.807, 2.05) is 19.1 Å². The molecule has 0 fully saturated rings. The average Bonchev–Trinajstić information content (AvgIpc) is 2.87. The zero-order valence-electron chi connectivity index (χ0n) is 19.6. The second-order valence-corrected chi connectivity index (χ2v) is 7.86. The zero-order valence-corrected chi connectivity index (χ0v) is 19.6. The van der Waals surface area contributed by atoms with Crippen molar-refractivity contribution < 1.29 is 27.5 Å². The lowest BCUT2D eigenvalue weighted by atomic mass is 10.1. The number of amides is 2. The molecule has 0 saturated carbocycles. The van der Waals surface area contributed by atoms with Crippen LogP contribution in [0.25, 0.3) is 10.9 Å². The topological polar surface area (TPSA) is 105 Å². The van der Waals surface area contributed by atoms with E-state index in [0.29, 0.717) is 41.1 Å². The number of rotatable bonds is 8. The number of fused-ring (bicyclic) bond motifs is 1. The summed E-state index contributed by atoms with van der Waals surface area (Å²) in [6, 6.07) is 17.0. The molecule has 0 aliphatic rings. The molecule has 0 radical (unpaired) electrons. The van der Waals surface area contributed by atoms with Gasteiger partial charge in [0.1, 0.15) is 17.9 Å². The Bertz CT molecular complexity index is 1430. The van der Waals surface area contributed by atoms with E-state index in [9.17, 15) is 22.8 Å². The summed E-state index contributed by atoms with van der Waals surface area (Å²) in [7, 11) is 0. The molecule has 4 aromatic rings.